The molecule has 0 aliphatic carbocycles. The van der Waals surface area contributed by atoms with Crippen molar-refractivity contribution in [1.82, 2.24) is 20.4 Å². The predicted octanol–water partition coefficient (Wildman–Crippen LogP) is 2.38. The van der Waals surface area contributed by atoms with Gasteiger partial charge in [-0.25, -0.2) is 4.39 Å². The van der Waals surface area contributed by atoms with Crippen molar-refractivity contribution in [1.29, 1.82) is 0 Å². The van der Waals surface area contributed by atoms with E-state index in [0.29, 0.717) is 43.5 Å². The SMILES string of the molecule is Cl.O=C(CC1COCCN1)N1CCCC(c2nc(-c3cccc(F)c3)no2)C1. The lowest BCUT2D eigenvalue weighted by atomic mass is 9.97. The van der Waals surface area contributed by atoms with Gasteiger partial charge < -0.3 is 19.5 Å². The van der Waals surface area contributed by atoms with Crippen LogP contribution in [0.5, 0.6) is 0 Å². The van der Waals surface area contributed by atoms with Crippen LogP contribution >= 0.6 is 12.4 Å². The van der Waals surface area contributed by atoms with Gasteiger partial charge in [0.15, 0.2) is 0 Å². The number of piperidine rings is 1. The third kappa shape index (κ3) is 4.87. The molecule has 0 radical (unpaired) electrons. The minimum atomic E-state index is -0.339. The van der Waals surface area contributed by atoms with Crippen molar-refractivity contribution in [3.05, 3.63) is 36.0 Å². The average molecular weight is 411 g/mol. The number of carbonyl (C=O) groups excluding carboxylic acids is 1. The average Bonchev–Trinajstić information content (AvgIpc) is 3.19. The van der Waals surface area contributed by atoms with Gasteiger partial charge in [-0.1, -0.05) is 17.3 Å². The van der Waals surface area contributed by atoms with Crippen LogP contribution in [0.3, 0.4) is 0 Å². The Bertz CT molecular complexity index is 797. The summed E-state index contributed by atoms with van der Waals surface area (Å²) in [5.41, 5.74) is 0.581. The number of halogens is 2. The first-order valence-electron chi connectivity index (χ1n) is 9.37. The molecule has 1 amide bonds. The number of ether oxygens (including phenoxy) is 1. The van der Waals surface area contributed by atoms with Gasteiger partial charge in [-0.05, 0) is 25.0 Å². The molecule has 28 heavy (non-hydrogen) atoms. The van der Waals surface area contributed by atoms with Crippen LogP contribution in [0.4, 0.5) is 4.39 Å². The van der Waals surface area contributed by atoms with Gasteiger partial charge in [0.05, 0.1) is 19.1 Å². The number of carbonyl (C=O) groups is 1. The maximum absolute atomic E-state index is 13.4. The summed E-state index contributed by atoms with van der Waals surface area (Å²) in [6.45, 7) is 3.36. The van der Waals surface area contributed by atoms with Crippen LogP contribution in [0.15, 0.2) is 28.8 Å². The molecule has 9 heteroatoms. The highest BCUT2D eigenvalue weighted by atomic mass is 35.5. The third-order valence-corrected chi connectivity index (χ3v) is 5.07. The quantitative estimate of drug-likeness (QED) is 0.833. The van der Waals surface area contributed by atoms with Gasteiger partial charge >= 0.3 is 0 Å². The Morgan fingerprint density at radius 1 is 1.39 bits per heavy atom. The summed E-state index contributed by atoms with van der Waals surface area (Å²) in [7, 11) is 0. The van der Waals surface area contributed by atoms with Gasteiger partial charge in [-0.2, -0.15) is 4.98 Å². The van der Waals surface area contributed by atoms with Crippen LogP contribution in [0.1, 0.15) is 31.1 Å². The van der Waals surface area contributed by atoms with E-state index in [9.17, 15) is 9.18 Å². The number of rotatable bonds is 4. The Morgan fingerprint density at radius 2 is 2.29 bits per heavy atom. The summed E-state index contributed by atoms with van der Waals surface area (Å²) in [4.78, 5) is 18.9. The first-order valence-corrected chi connectivity index (χ1v) is 9.37. The molecular formula is C19H24ClFN4O3. The fourth-order valence-corrected chi connectivity index (χ4v) is 3.64. The second-order valence-corrected chi connectivity index (χ2v) is 7.08. The summed E-state index contributed by atoms with van der Waals surface area (Å²) in [6.07, 6.45) is 2.22. The van der Waals surface area contributed by atoms with E-state index >= 15 is 0 Å². The Morgan fingerprint density at radius 3 is 3.07 bits per heavy atom. The predicted molar refractivity (Wildman–Crippen MR) is 103 cm³/mol. The number of nitrogens with one attached hydrogen (secondary N) is 1. The Kier molecular flexibility index (Phi) is 6.98. The summed E-state index contributed by atoms with van der Waals surface area (Å²) >= 11 is 0. The number of likely N-dealkylation sites (tertiary alicyclic amines) is 1. The van der Waals surface area contributed by atoms with Gasteiger partial charge in [0.1, 0.15) is 5.82 Å². The number of morpholine rings is 1. The molecule has 7 nitrogen and oxygen atoms in total. The number of nitrogens with zero attached hydrogens (tertiary/aromatic N) is 3. The van der Waals surface area contributed by atoms with E-state index in [1.165, 1.54) is 12.1 Å². The fraction of sp³-hybridized carbons (Fsp3) is 0.526. The van der Waals surface area contributed by atoms with Crippen LogP contribution in [0, 0.1) is 5.82 Å². The molecule has 2 aliphatic heterocycles. The fourth-order valence-electron chi connectivity index (χ4n) is 3.64. The van der Waals surface area contributed by atoms with E-state index < -0.39 is 0 Å². The molecule has 2 atom stereocenters. The molecular weight excluding hydrogens is 387 g/mol. The zero-order valence-corrected chi connectivity index (χ0v) is 16.3. The summed E-state index contributed by atoms with van der Waals surface area (Å²) in [5.74, 6) is 0.664. The third-order valence-electron chi connectivity index (χ3n) is 5.07. The number of hydrogen-bond donors (Lipinski definition) is 1. The molecule has 0 bridgehead atoms. The van der Waals surface area contributed by atoms with Crippen LogP contribution < -0.4 is 5.32 Å². The van der Waals surface area contributed by atoms with Crippen molar-refractivity contribution >= 4 is 18.3 Å². The van der Waals surface area contributed by atoms with Crippen LogP contribution in [-0.4, -0.2) is 59.8 Å². The Hall–Kier alpha value is -2.03. The second kappa shape index (κ2) is 9.45. The van der Waals surface area contributed by atoms with Crippen LogP contribution in [0.2, 0.25) is 0 Å². The van der Waals surface area contributed by atoms with Crippen molar-refractivity contribution in [3.8, 4) is 11.4 Å². The van der Waals surface area contributed by atoms with E-state index in [2.05, 4.69) is 15.5 Å². The number of hydrogen-bond acceptors (Lipinski definition) is 6. The molecule has 1 N–H and O–H groups in total. The van der Waals surface area contributed by atoms with E-state index in [4.69, 9.17) is 9.26 Å². The minimum Gasteiger partial charge on any atom is -0.378 e. The van der Waals surface area contributed by atoms with Gasteiger partial charge in [0, 0.05) is 37.7 Å². The van der Waals surface area contributed by atoms with E-state index in [1.54, 1.807) is 12.1 Å². The molecule has 0 spiro atoms. The normalized spacial score (nSPS) is 22.5. The Balaban J connectivity index is 0.00000225. The summed E-state index contributed by atoms with van der Waals surface area (Å²) < 4.78 is 24.2. The molecule has 3 heterocycles. The number of benzene rings is 1. The van der Waals surface area contributed by atoms with Gasteiger partial charge in [0.2, 0.25) is 17.6 Å². The smallest absolute Gasteiger partial charge is 0.231 e. The van der Waals surface area contributed by atoms with Gasteiger partial charge in [-0.15, -0.1) is 12.4 Å². The topological polar surface area (TPSA) is 80.5 Å². The van der Waals surface area contributed by atoms with Crippen LogP contribution in [0.25, 0.3) is 11.4 Å². The zero-order valence-electron chi connectivity index (χ0n) is 15.5. The monoisotopic (exact) mass is 410 g/mol. The highest BCUT2D eigenvalue weighted by Crippen LogP contribution is 2.28. The largest absolute Gasteiger partial charge is 0.378 e. The molecule has 2 aliphatic rings. The lowest BCUT2D eigenvalue weighted by Crippen LogP contribution is -2.46. The van der Waals surface area contributed by atoms with Crippen molar-refractivity contribution in [2.45, 2.75) is 31.2 Å². The molecule has 2 saturated heterocycles. The summed E-state index contributed by atoms with van der Waals surface area (Å²) in [6, 6.07) is 6.19. The number of amides is 1. The van der Waals surface area contributed by atoms with Crippen molar-refractivity contribution in [2.24, 2.45) is 0 Å². The molecule has 4 rings (SSSR count). The molecule has 0 saturated carbocycles. The lowest BCUT2D eigenvalue weighted by Gasteiger charge is -2.33. The molecule has 1 aromatic heterocycles. The van der Waals surface area contributed by atoms with E-state index in [0.717, 1.165) is 25.9 Å². The molecule has 152 valence electrons. The standard InChI is InChI=1S/C19H23FN4O3.ClH/c20-15-5-1-3-13(9-15)18-22-19(27-23-18)14-4-2-7-24(11-14)17(25)10-16-12-26-8-6-21-16;/h1,3,5,9,14,16,21H,2,4,6-8,10-12H2;1H. The Labute approximate surface area is 169 Å². The highest BCUT2D eigenvalue weighted by molar-refractivity contribution is 5.85. The molecule has 2 unspecified atom stereocenters. The second-order valence-electron chi connectivity index (χ2n) is 7.08. The number of aromatic nitrogens is 2. The molecule has 2 aromatic rings. The highest BCUT2D eigenvalue weighted by Gasteiger charge is 2.30. The van der Waals surface area contributed by atoms with Crippen molar-refractivity contribution in [2.75, 3.05) is 32.8 Å². The molecule has 2 fully saturated rings. The first-order chi connectivity index (χ1) is 13.2. The maximum Gasteiger partial charge on any atom is 0.231 e. The van der Waals surface area contributed by atoms with Gasteiger partial charge in [-0.3, -0.25) is 4.79 Å². The van der Waals surface area contributed by atoms with Crippen molar-refractivity contribution < 1.29 is 18.4 Å². The van der Waals surface area contributed by atoms with E-state index in [1.807, 2.05) is 4.90 Å². The molecule has 1 aromatic carbocycles. The minimum absolute atomic E-state index is 0. The zero-order chi connectivity index (χ0) is 18.6. The lowest BCUT2D eigenvalue weighted by molar-refractivity contribution is -0.133. The van der Waals surface area contributed by atoms with E-state index in [-0.39, 0.29) is 36.1 Å². The van der Waals surface area contributed by atoms with Gasteiger partial charge in [0.25, 0.3) is 0 Å². The van der Waals surface area contributed by atoms with Crippen LogP contribution in [-0.2, 0) is 9.53 Å². The summed E-state index contributed by atoms with van der Waals surface area (Å²) in [5, 5.41) is 7.30. The van der Waals surface area contributed by atoms with Crippen molar-refractivity contribution in [3.63, 3.8) is 0 Å². The first kappa shape index (κ1) is 20.7. The maximum atomic E-state index is 13.4.